The standard InChI is InChI=1S/C28H34N8O2/c29-22-11-20(10-21(12-22)28(38)35-15-17-4-2-1-3-5-17)26-23(36-24(30)16-34-26)13-25(37)33-14-18-6-8-19(9-7-18)27(31)32/h1-12,23-24,26,34,36H,13-16,29-30H2,(H3,31,32)(H,33,37)(H,35,38). The smallest absolute Gasteiger partial charge is 0.251 e. The number of hydrogen-bond donors (Lipinski definition) is 8. The number of hydrogen-bond acceptors (Lipinski definition) is 7. The lowest BCUT2D eigenvalue weighted by Crippen LogP contribution is -2.60. The minimum atomic E-state index is -0.321. The molecule has 3 aromatic carbocycles. The molecule has 0 radical (unpaired) electrons. The molecule has 3 atom stereocenters. The molecule has 0 bridgehead atoms. The van der Waals surface area contributed by atoms with Crippen molar-refractivity contribution in [3.63, 3.8) is 0 Å². The molecule has 11 N–H and O–H groups in total. The lowest BCUT2D eigenvalue weighted by Gasteiger charge is -2.37. The summed E-state index contributed by atoms with van der Waals surface area (Å²) in [7, 11) is 0. The summed E-state index contributed by atoms with van der Waals surface area (Å²) in [4.78, 5) is 25.7. The Balaban J connectivity index is 1.42. The molecule has 0 aliphatic carbocycles. The second kappa shape index (κ2) is 12.3. The molecule has 1 aliphatic heterocycles. The molecule has 10 nitrogen and oxygen atoms in total. The van der Waals surface area contributed by atoms with Crippen molar-refractivity contribution in [1.82, 2.24) is 21.3 Å². The van der Waals surface area contributed by atoms with E-state index < -0.39 is 0 Å². The van der Waals surface area contributed by atoms with E-state index in [2.05, 4.69) is 21.3 Å². The zero-order valence-corrected chi connectivity index (χ0v) is 21.0. The Morgan fingerprint density at radius 2 is 1.61 bits per heavy atom. The molecule has 1 saturated heterocycles. The summed E-state index contributed by atoms with van der Waals surface area (Å²) in [5.74, 6) is -0.381. The van der Waals surface area contributed by atoms with Gasteiger partial charge in [-0.25, -0.2) is 0 Å². The van der Waals surface area contributed by atoms with Gasteiger partial charge in [0.15, 0.2) is 0 Å². The number of piperazine rings is 1. The van der Waals surface area contributed by atoms with Crippen molar-refractivity contribution in [1.29, 1.82) is 5.41 Å². The fourth-order valence-corrected chi connectivity index (χ4v) is 4.50. The van der Waals surface area contributed by atoms with E-state index in [4.69, 9.17) is 22.6 Å². The van der Waals surface area contributed by atoms with Crippen molar-refractivity contribution in [3.8, 4) is 0 Å². The van der Waals surface area contributed by atoms with Crippen molar-refractivity contribution in [2.45, 2.75) is 37.8 Å². The average Bonchev–Trinajstić information content (AvgIpc) is 2.91. The highest BCUT2D eigenvalue weighted by molar-refractivity contribution is 5.95. The number of nitrogens with two attached hydrogens (primary N) is 3. The Labute approximate surface area is 221 Å². The molecule has 1 fully saturated rings. The lowest BCUT2D eigenvalue weighted by molar-refractivity contribution is -0.122. The predicted molar refractivity (Wildman–Crippen MR) is 148 cm³/mol. The second-order valence-corrected chi connectivity index (χ2v) is 9.41. The number of carbonyl (C=O) groups excluding carboxylic acids is 2. The van der Waals surface area contributed by atoms with Crippen LogP contribution < -0.4 is 38.5 Å². The van der Waals surface area contributed by atoms with Crippen LogP contribution in [0.3, 0.4) is 0 Å². The van der Waals surface area contributed by atoms with Crippen molar-refractivity contribution in [2.75, 3.05) is 12.3 Å². The monoisotopic (exact) mass is 514 g/mol. The Morgan fingerprint density at radius 1 is 0.921 bits per heavy atom. The molecule has 1 aliphatic rings. The number of benzene rings is 3. The number of anilines is 1. The van der Waals surface area contributed by atoms with Crippen LogP contribution in [0.15, 0.2) is 72.8 Å². The van der Waals surface area contributed by atoms with Gasteiger partial charge in [-0.15, -0.1) is 0 Å². The van der Waals surface area contributed by atoms with Gasteiger partial charge in [0, 0.05) is 55.0 Å². The third-order valence-corrected chi connectivity index (χ3v) is 6.44. The zero-order chi connectivity index (χ0) is 27.1. The number of rotatable bonds is 9. The van der Waals surface area contributed by atoms with Gasteiger partial charge in [-0.1, -0.05) is 54.6 Å². The van der Waals surface area contributed by atoms with Gasteiger partial charge in [-0.2, -0.15) is 0 Å². The van der Waals surface area contributed by atoms with Crippen molar-refractivity contribution in [3.05, 3.63) is 101 Å². The molecule has 38 heavy (non-hydrogen) atoms. The maximum atomic E-state index is 12.9. The molecular weight excluding hydrogens is 480 g/mol. The van der Waals surface area contributed by atoms with Crippen LogP contribution in [0.5, 0.6) is 0 Å². The first-order valence-corrected chi connectivity index (χ1v) is 12.5. The van der Waals surface area contributed by atoms with Gasteiger partial charge in [0.1, 0.15) is 5.84 Å². The van der Waals surface area contributed by atoms with E-state index in [-0.39, 0.29) is 42.3 Å². The summed E-state index contributed by atoms with van der Waals surface area (Å²) in [5, 5.41) is 20.1. The molecule has 2 amide bonds. The third-order valence-electron chi connectivity index (χ3n) is 6.44. The molecule has 10 heteroatoms. The first kappa shape index (κ1) is 26.8. The van der Waals surface area contributed by atoms with Gasteiger partial charge in [-0.05, 0) is 34.9 Å². The second-order valence-electron chi connectivity index (χ2n) is 9.41. The summed E-state index contributed by atoms with van der Waals surface area (Å²) in [6, 6.07) is 21.5. The lowest BCUT2D eigenvalue weighted by atomic mass is 9.92. The fraction of sp³-hybridized carbons (Fsp3) is 0.250. The number of nitrogens with one attached hydrogen (secondary N) is 5. The quantitative estimate of drug-likeness (QED) is 0.119. The van der Waals surface area contributed by atoms with E-state index in [0.717, 1.165) is 16.7 Å². The van der Waals surface area contributed by atoms with Gasteiger partial charge in [0.05, 0.1) is 6.17 Å². The van der Waals surface area contributed by atoms with E-state index in [9.17, 15) is 9.59 Å². The van der Waals surface area contributed by atoms with Crippen molar-refractivity contribution < 1.29 is 9.59 Å². The van der Waals surface area contributed by atoms with Crippen LogP contribution in [0.25, 0.3) is 0 Å². The SMILES string of the molecule is N=C(N)c1ccc(CNC(=O)CC2NC(N)CNC2c2cc(N)cc(C(=O)NCc3ccccc3)c2)cc1. The van der Waals surface area contributed by atoms with E-state index in [1.54, 1.807) is 24.3 Å². The minimum absolute atomic E-state index is 0.00257. The van der Waals surface area contributed by atoms with E-state index in [1.165, 1.54) is 0 Å². The average molecular weight is 515 g/mol. The molecule has 3 aromatic rings. The molecule has 1 heterocycles. The van der Waals surface area contributed by atoms with Crippen LogP contribution in [-0.4, -0.2) is 36.4 Å². The zero-order valence-electron chi connectivity index (χ0n) is 21.0. The Hall–Kier alpha value is -4.25. The summed E-state index contributed by atoms with van der Waals surface area (Å²) in [6.45, 7) is 1.25. The third kappa shape index (κ3) is 7.16. The van der Waals surface area contributed by atoms with Crippen molar-refractivity contribution >= 4 is 23.3 Å². The minimum Gasteiger partial charge on any atom is -0.399 e. The Kier molecular flexibility index (Phi) is 8.70. The Bertz CT molecular complexity index is 1280. The van der Waals surface area contributed by atoms with E-state index >= 15 is 0 Å². The van der Waals surface area contributed by atoms with Gasteiger partial charge in [0.25, 0.3) is 5.91 Å². The summed E-state index contributed by atoms with van der Waals surface area (Å²) < 4.78 is 0. The highest BCUT2D eigenvalue weighted by Gasteiger charge is 2.31. The summed E-state index contributed by atoms with van der Waals surface area (Å²) in [5.41, 5.74) is 22.0. The number of amides is 2. The maximum Gasteiger partial charge on any atom is 0.251 e. The maximum absolute atomic E-state index is 12.9. The van der Waals surface area contributed by atoms with Gasteiger partial charge < -0.3 is 33.2 Å². The van der Waals surface area contributed by atoms with Crippen LogP contribution in [0.4, 0.5) is 5.69 Å². The topological polar surface area (TPSA) is 184 Å². The molecule has 3 unspecified atom stereocenters. The molecular formula is C28H34N8O2. The summed E-state index contributed by atoms with van der Waals surface area (Å²) in [6.07, 6.45) is -0.154. The molecule has 0 aromatic heterocycles. The van der Waals surface area contributed by atoms with Crippen molar-refractivity contribution in [2.24, 2.45) is 11.5 Å². The molecule has 0 spiro atoms. The largest absolute Gasteiger partial charge is 0.399 e. The number of nitrogen functional groups attached to an aromatic ring is 2. The highest BCUT2D eigenvalue weighted by Crippen LogP contribution is 2.25. The van der Waals surface area contributed by atoms with Crippen LogP contribution in [0.2, 0.25) is 0 Å². The van der Waals surface area contributed by atoms with Crippen LogP contribution in [0.1, 0.15) is 45.1 Å². The first-order chi connectivity index (χ1) is 18.3. The predicted octanol–water partition coefficient (Wildman–Crippen LogP) is 1.08. The van der Waals surface area contributed by atoms with Gasteiger partial charge >= 0.3 is 0 Å². The highest BCUT2D eigenvalue weighted by atomic mass is 16.2. The van der Waals surface area contributed by atoms with E-state index in [1.807, 2.05) is 48.5 Å². The first-order valence-electron chi connectivity index (χ1n) is 12.5. The van der Waals surface area contributed by atoms with Gasteiger partial charge in [-0.3, -0.25) is 20.3 Å². The fourth-order valence-electron chi connectivity index (χ4n) is 4.50. The van der Waals surface area contributed by atoms with Crippen LogP contribution >= 0.6 is 0 Å². The normalized spacial score (nSPS) is 18.9. The van der Waals surface area contributed by atoms with Crippen LogP contribution in [0, 0.1) is 5.41 Å². The molecule has 0 saturated carbocycles. The molecule has 198 valence electrons. The molecule has 4 rings (SSSR count). The van der Waals surface area contributed by atoms with Crippen LogP contribution in [-0.2, 0) is 17.9 Å². The summed E-state index contributed by atoms with van der Waals surface area (Å²) >= 11 is 0. The van der Waals surface area contributed by atoms with Gasteiger partial charge in [0.2, 0.25) is 5.91 Å². The number of carbonyl (C=O) groups is 2. The van der Waals surface area contributed by atoms with E-state index in [0.29, 0.717) is 36.4 Å². The number of amidine groups is 1. The Morgan fingerprint density at radius 3 is 2.32 bits per heavy atom.